The molecule has 242 valence electrons. The van der Waals surface area contributed by atoms with Crippen molar-refractivity contribution in [3.8, 4) is 11.4 Å². The lowest BCUT2D eigenvalue weighted by Gasteiger charge is -2.36. The van der Waals surface area contributed by atoms with Gasteiger partial charge in [0.2, 0.25) is 6.10 Å². The Morgan fingerprint density at radius 3 is 2.33 bits per heavy atom. The number of pyridine rings is 1. The molecular weight excluding hydrogens is 605 g/mol. The molecule has 14 heteroatoms. The molecule has 2 aromatic carbocycles. The number of methoxy groups -OCH3 is 1. The number of nitrogens with zero attached hydrogens (tertiary/aromatic N) is 6. The van der Waals surface area contributed by atoms with E-state index < -0.39 is 30.1 Å². The van der Waals surface area contributed by atoms with E-state index in [1.165, 1.54) is 24.1 Å². The predicted octanol–water partition coefficient (Wildman–Crippen LogP) is 6.25. The number of amides is 2. The number of piperazine rings is 1. The fraction of sp³-hybridized carbons (Fsp3) is 0.375. The maximum atomic E-state index is 14.5. The summed E-state index contributed by atoms with van der Waals surface area (Å²) in [6.07, 6.45) is -7.69. The molecule has 1 atom stereocenters. The molecule has 0 aliphatic carbocycles. The molecule has 0 spiro atoms. The zero-order valence-corrected chi connectivity index (χ0v) is 25.7. The van der Waals surface area contributed by atoms with E-state index in [4.69, 9.17) is 19.3 Å². The minimum atomic E-state index is -4.92. The summed E-state index contributed by atoms with van der Waals surface area (Å²) >= 11 is 0. The van der Waals surface area contributed by atoms with Gasteiger partial charge in [0.25, 0.3) is 0 Å². The summed E-state index contributed by atoms with van der Waals surface area (Å²) in [5.74, 6) is 0.978. The van der Waals surface area contributed by atoms with Crippen LogP contribution in [-0.2, 0) is 16.0 Å². The molecule has 1 fully saturated rings. The number of cyclic esters (lactones) is 1. The fourth-order valence-electron chi connectivity index (χ4n) is 5.59. The Balaban J connectivity index is 1.39. The number of benzene rings is 2. The Labute approximate surface area is 263 Å². The first kappa shape index (κ1) is 31.0. The smallest absolute Gasteiger partial charge is 0.430 e. The number of para-hydroxylation sites is 1. The second-order valence-electron chi connectivity index (χ2n) is 12.0. The van der Waals surface area contributed by atoms with E-state index in [9.17, 15) is 22.8 Å². The van der Waals surface area contributed by atoms with Gasteiger partial charge in [-0.15, -0.1) is 5.10 Å². The van der Waals surface area contributed by atoms with Gasteiger partial charge in [0.05, 0.1) is 30.4 Å². The number of anilines is 2. The van der Waals surface area contributed by atoms with Crippen molar-refractivity contribution >= 4 is 34.7 Å². The highest BCUT2D eigenvalue weighted by molar-refractivity contribution is 5.94. The van der Waals surface area contributed by atoms with Crippen LogP contribution in [0.4, 0.5) is 34.4 Å². The van der Waals surface area contributed by atoms with Crippen LogP contribution >= 0.6 is 0 Å². The third kappa shape index (κ3) is 5.98. The predicted molar refractivity (Wildman–Crippen MR) is 163 cm³/mol. The van der Waals surface area contributed by atoms with E-state index in [0.29, 0.717) is 54.2 Å². The lowest BCUT2D eigenvalue weighted by Crippen LogP contribution is -2.50. The number of carbonyl (C=O) groups excluding carboxylic acids is 2. The number of halogens is 3. The Hall–Kier alpha value is -5.01. The summed E-state index contributed by atoms with van der Waals surface area (Å²) in [4.78, 5) is 34.6. The third-order valence-electron chi connectivity index (χ3n) is 7.73. The number of rotatable bonds is 5. The van der Waals surface area contributed by atoms with Crippen molar-refractivity contribution in [1.82, 2.24) is 19.7 Å². The van der Waals surface area contributed by atoms with E-state index in [0.717, 1.165) is 4.90 Å². The molecule has 46 heavy (non-hydrogen) atoms. The normalized spacial score (nSPS) is 17.2. The number of fused-ring (bicyclic) bond motifs is 2. The Bertz CT molecular complexity index is 1760. The lowest BCUT2D eigenvalue weighted by molar-refractivity contribution is -0.207. The Morgan fingerprint density at radius 1 is 0.978 bits per heavy atom. The van der Waals surface area contributed by atoms with Gasteiger partial charge in [-0.25, -0.2) is 19.3 Å². The number of hydrogen-bond acceptors (Lipinski definition) is 8. The van der Waals surface area contributed by atoms with Gasteiger partial charge in [0.1, 0.15) is 17.2 Å². The first-order valence-corrected chi connectivity index (χ1v) is 14.7. The average molecular weight is 639 g/mol. The highest BCUT2D eigenvalue weighted by Crippen LogP contribution is 2.46. The molecule has 1 saturated heterocycles. The second kappa shape index (κ2) is 11.7. The fourth-order valence-corrected chi connectivity index (χ4v) is 5.59. The lowest BCUT2D eigenvalue weighted by atomic mass is 10.0. The summed E-state index contributed by atoms with van der Waals surface area (Å²) in [5, 5.41) is 5.54. The summed E-state index contributed by atoms with van der Waals surface area (Å²) in [6.45, 7) is 6.98. The Morgan fingerprint density at radius 2 is 1.67 bits per heavy atom. The molecule has 2 amide bonds. The van der Waals surface area contributed by atoms with Crippen LogP contribution < -0.4 is 14.5 Å². The maximum Gasteiger partial charge on any atom is 0.430 e. The molecule has 4 aromatic rings. The van der Waals surface area contributed by atoms with Crippen LogP contribution in [0.15, 0.2) is 60.8 Å². The van der Waals surface area contributed by atoms with Crippen molar-refractivity contribution in [3.63, 3.8) is 0 Å². The molecule has 2 aliphatic rings. The molecule has 6 rings (SSSR count). The van der Waals surface area contributed by atoms with Crippen LogP contribution in [-0.4, -0.2) is 76.9 Å². The van der Waals surface area contributed by atoms with Crippen molar-refractivity contribution in [2.75, 3.05) is 43.1 Å². The number of alkyl halides is 3. The highest BCUT2D eigenvalue weighted by Gasteiger charge is 2.51. The molecule has 0 radical (unpaired) electrons. The summed E-state index contributed by atoms with van der Waals surface area (Å²) in [5.41, 5.74) is 0.324. The van der Waals surface area contributed by atoms with Crippen molar-refractivity contribution in [3.05, 3.63) is 71.9 Å². The summed E-state index contributed by atoms with van der Waals surface area (Å²) in [7, 11) is 1.52. The minimum absolute atomic E-state index is 0.0781. The summed E-state index contributed by atoms with van der Waals surface area (Å²) < 4.78 is 60.8. The van der Waals surface area contributed by atoms with E-state index >= 15 is 0 Å². The van der Waals surface area contributed by atoms with Gasteiger partial charge in [0, 0.05) is 37.8 Å². The first-order valence-electron chi connectivity index (χ1n) is 14.7. The quantitative estimate of drug-likeness (QED) is 0.253. The molecule has 0 N–H and O–H groups in total. The van der Waals surface area contributed by atoms with Crippen molar-refractivity contribution < 1.29 is 37.0 Å². The number of ether oxygens (including phenoxy) is 3. The van der Waals surface area contributed by atoms with Crippen LogP contribution in [0.25, 0.3) is 16.6 Å². The largest absolute Gasteiger partial charge is 0.497 e. The molecule has 2 aliphatic heterocycles. The van der Waals surface area contributed by atoms with Gasteiger partial charge in [-0.2, -0.15) is 13.2 Å². The Kier molecular flexibility index (Phi) is 7.90. The summed E-state index contributed by atoms with van der Waals surface area (Å²) in [6, 6.07) is 15.5. The third-order valence-corrected chi connectivity index (χ3v) is 7.73. The van der Waals surface area contributed by atoms with Crippen LogP contribution in [0, 0.1) is 0 Å². The minimum Gasteiger partial charge on any atom is -0.497 e. The zero-order chi connectivity index (χ0) is 32.8. The number of carbonyl (C=O) groups is 2. The topological polar surface area (TPSA) is 102 Å². The standard InChI is InChI=1S/C32H33F3N6O5/c1-31(2,3)46-29(42)39-17-15-38(16-18-39)27-22-7-5-6-8-23(22)41(37-27)24-13-14-36-28-25(24)26(32(33,34)35)45-30(43)40(28)19-20-9-11-21(44-4)12-10-20/h5-14,26H,15-19H2,1-4H3. The first-order chi connectivity index (χ1) is 21.8. The van der Waals surface area contributed by atoms with Crippen LogP contribution in [0.2, 0.25) is 0 Å². The zero-order valence-electron chi connectivity index (χ0n) is 25.7. The van der Waals surface area contributed by atoms with Crippen LogP contribution in [0.5, 0.6) is 5.75 Å². The monoisotopic (exact) mass is 638 g/mol. The van der Waals surface area contributed by atoms with Gasteiger partial charge >= 0.3 is 18.4 Å². The van der Waals surface area contributed by atoms with Crippen molar-refractivity contribution in [1.29, 1.82) is 0 Å². The molecular formula is C32H33F3N6O5. The van der Waals surface area contributed by atoms with E-state index in [-0.39, 0.29) is 23.6 Å². The number of hydrogen-bond donors (Lipinski definition) is 0. The molecule has 4 heterocycles. The van der Waals surface area contributed by atoms with Crippen LogP contribution in [0.3, 0.4) is 0 Å². The average Bonchev–Trinajstić information content (AvgIpc) is 3.40. The SMILES string of the molecule is COc1ccc(CN2C(=O)OC(C(F)(F)F)c3c(-n4nc(N5CCN(C(=O)OC(C)(C)C)CC5)c5ccccc54)ccnc32)cc1. The molecule has 2 aromatic heterocycles. The van der Waals surface area contributed by atoms with Crippen molar-refractivity contribution in [2.45, 2.75) is 45.2 Å². The van der Waals surface area contributed by atoms with E-state index in [1.807, 2.05) is 17.0 Å². The highest BCUT2D eigenvalue weighted by atomic mass is 19.4. The second-order valence-corrected chi connectivity index (χ2v) is 12.0. The molecule has 0 bridgehead atoms. The van der Waals surface area contributed by atoms with Gasteiger partial charge in [0.15, 0.2) is 5.82 Å². The number of aromatic nitrogens is 3. The van der Waals surface area contributed by atoms with Gasteiger partial charge in [-0.05, 0) is 56.7 Å². The van der Waals surface area contributed by atoms with E-state index in [1.54, 1.807) is 62.1 Å². The molecule has 1 unspecified atom stereocenters. The van der Waals surface area contributed by atoms with E-state index in [2.05, 4.69) is 4.98 Å². The maximum absolute atomic E-state index is 14.5. The van der Waals surface area contributed by atoms with Gasteiger partial charge in [-0.3, -0.25) is 4.90 Å². The van der Waals surface area contributed by atoms with Crippen molar-refractivity contribution in [2.24, 2.45) is 0 Å². The van der Waals surface area contributed by atoms with Gasteiger partial charge in [-0.1, -0.05) is 24.3 Å². The van der Waals surface area contributed by atoms with Gasteiger partial charge < -0.3 is 24.0 Å². The van der Waals surface area contributed by atoms with Crippen LogP contribution in [0.1, 0.15) is 38.0 Å². The molecule has 0 saturated carbocycles. The molecule has 11 nitrogen and oxygen atoms in total.